The molecule has 102 valence electrons. The first kappa shape index (κ1) is 13.5. The van der Waals surface area contributed by atoms with E-state index in [9.17, 15) is 0 Å². The van der Waals surface area contributed by atoms with Crippen LogP contribution in [0, 0.1) is 0 Å². The van der Waals surface area contributed by atoms with E-state index in [0.717, 1.165) is 17.7 Å². The molecule has 0 fully saturated rings. The highest BCUT2D eigenvalue weighted by Gasteiger charge is 2.20. The molecule has 0 radical (unpaired) electrons. The zero-order valence-electron chi connectivity index (χ0n) is 11.5. The Hall–Kier alpha value is -1.88. The minimum Gasteiger partial charge on any atom is -0.497 e. The van der Waals surface area contributed by atoms with E-state index in [-0.39, 0.29) is 12.0 Å². The Morgan fingerprint density at radius 2 is 2.00 bits per heavy atom. The highest BCUT2D eigenvalue weighted by Crippen LogP contribution is 2.23. The summed E-state index contributed by atoms with van der Waals surface area (Å²) >= 11 is 0. The SMILES string of the molecule is CCC(N)C(C)c1nc(-c2ccc(OC)cc2)no1. The summed E-state index contributed by atoms with van der Waals surface area (Å²) in [4.78, 5) is 4.41. The number of nitrogens with two attached hydrogens (primary N) is 1. The summed E-state index contributed by atoms with van der Waals surface area (Å²) in [7, 11) is 1.63. The average Bonchev–Trinajstić information content (AvgIpc) is 2.95. The fourth-order valence-electron chi connectivity index (χ4n) is 1.81. The van der Waals surface area contributed by atoms with Crippen LogP contribution in [0.1, 0.15) is 32.1 Å². The van der Waals surface area contributed by atoms with Gasteiger partial charge in [0.25, 0.3) is 0 Å². The first-order valence-corrected chi connectivity index (χ1v) is 6.39. The highest BCUT2D eigenvalue weighted by atomic mass is 16.5. The fraction of sp³-hybridized carbons (Fsp3) is 0.429. The Balaban J connectivity index is 2.20. The number of hydrogen-bond acceptors (Lipinski definition) is 5. The Morgan fingerprint density at radius 3 is 2.58 bits per heavy atom. The molecule has 19 heavy (non-hydrogen) atoms. The van der Waals surface area contributed by atoms with Gasteiger partial charge in [-0.05, 0) is 30.7 Å². The summed E-state index contributed by atoms with van der Waals surface area (Å²) in [5.41, 5.74) is 6.89. The smallest absolute Gasteiger partial charge is 0.231 e. The molecule has 0 saturated heterocycles. The largest absolute Gasteiger partial charge is 0.497 e. The van der Waals surface area contributed by atoms with Crippen LogP contribution in [0.25, 0.3) is 11.4 Å². The molecule has 0 aliphatic rings. The maximum Gasteiger partial charge on any atom is 0.231 e. The van der Waals surface area contributed by atoms with Gasteiger partial charge in [0.1, 0.15) is 5.75 Å². The van der Waals surface area contributed by atoms with Crippen molar-refractivity contribution in [2.24, 2.45) is 5.73 Å². The molecule has 0 spiro atoms. The lowest BCUT2D eigenvalue weighted by Crippen LogP contribution is -2.25. The van der Waals surface area contributed by atoms with Crippen molar-refractivity contribution in [1.82, 2.24) is 10.1 Å². The van der Waals surface area contributed by atoms with Gasteiger partial charge < -0.3 is 15.0 Å². The molecule has 1 aromatic carbocycles. The molecule has 1 aromatic heterocycles. The van der Waals surface area contributed by atoms with E-state index >= 15 is 0 Å². The normalized spacial score (nSPS) is 14.1. The number of aromatic nitrogens is 2. The summed E-state index contributed by atoms with van der Waals surface area (Å²) in [5, 5.41) is 4.00. The van der Waals surface area contributed by atoms with Crippen molar-refractivity contribution in [3.8, 4) is 17.1 Å². The molecule has 0 aliphatic carbocycles. The minimum atomic E-state index is 0.0316. The van der Waals surface area contributed by atoms with Gasteiger partial charge in [0.2, 0.25) is 11.7 Å². The number of benzene rings is 1. The number of nitrogens with zero attached hydrogens (tertiary/aromatic N) is 2. The van der Waals surface area contributed by atoms with E-state index in [1.54, 1.807) is 7.11 Å². The number of rotatable bonds is 5. The van der Waals surface area contributed by atoms with Crippen LogP contribution in [0.15, 0.2) is 28.8 Å². The summed E-state index contributed by atoms with van der Waals surface area (Å²) in [5.74, 6) is 2.02. The van der Waals surface area contributed by atoms with Crippen LogP contribution in [0.2, 0.25) is 0 Å². The third-order valence-electron chi connectivity index (χ3n) is 3.29. The van der Waals surface area contributed by atoms with Crippen LogP contribution in [0.3, 0.4) is 0 Å². The monoisotopic (exact) mass is 261 g/mol. The molecule has 5 nitrogen and oxygen atoms in total. The van der Waals surface area contributed by atoms with Gasteiger partial charge in [-0.1, -0.05) is 19.0 Å². The van der Waals surface area contributed by atoms with Crippen molar-refractivity contribution in [2.75, 3.05) is 7.11 Å². The van der Waals surface area contributed by atoms with Crippen molar-refractivity contribution in [1.29, 1.82) is 0 Å². The molecule has 0 aliphatic heterocycles. The topological polar surface area (TPSA) is 74.2 Å². The Morgan fingerprint density at radius 1 is 1.32 bits per heavy atom. The van der Waals surface area contributed by atoms with Crippen LogP contribution in [0.4, 0.5) is 0 Å². The van der Waals surface area contributed by atoms with Crippen molar-refractivity contribution in [3.63, 3.8) is 0 Å². The second kappa shape index (κ2) is 5.84. The molecule has 0 amide bonds. The van der Waals surface area contributed by atoms with E-state index in [2.05, 4.69) is 10.1 Å². The quantitative estimate of drug-likeness (QED) is 0.895. The van der Waals surface area contributed by atoms with Gasteiger partial charge in [-0.3, -0.25) is 0 Å². The van der Waals surface area contributed by atoms with Crippen LogP contribution in [0.5, 0.6) is 5.75 Å². The second-order valence-electron chi connectivity index (χ2n) is 4.55. The van der Waals surface area contributed by atoms with Crippen molar-refractivity contribution >= 4 is 0 Å². The maximum atomic E-state index is 5.99. The molecular formula is C14H19N3O2. The molecule has 0 saturated carbocycles. The second-order valence-corrected chi connectivity index (χ2v) is 4.55. The third-order valence-corrected chi connectivity index (χ3v) is 3.29. The minimum absolute atomic E-state index is 0.0316. The summed E-state index contributed by atoms with van der Waals surface area (Å²) < 4.78 is 10.4. The highest BCUT2D eigenvalue weighted by molar-refractivity contribution is 5.55. The molecule has 5 heteroatoms. The van der Waals surface area contributed by atoms with Gasteiger partial charge in [-0.2, -0.15) is 4.98 Å². The molecule has 2 atom stereocenters. The van der Waals surface area contributed by atoms with Crippen molar-refractivity contribution < 1.29 is 9.26 Å². The molecular weight excluding hydrogens is 242 g/mol. The first-order valence-electron chi connectivity index (χ1n) is 6.39. The number of hydrogen-bond donors (Lipinski definition) is 1. The van der Waals surface area contributed by atoms with E-state index in [1.165, 1.54) is 0 Å². The maximum absolute atomic E-state index is 5.99. The van der Waals surface area contributed by atoms with E-state index in [0.29, 0.717) is 11.7 Å². The predicted molar refractivity (Wildman–Crippen MR) is 73.0 cm³/mol. The van der Waals surface area contributed by atoms with Gasteiger partial charge >= 0.3 is 0 Å². The zero-order valence-corrected chi connectivity index (χ0v) is 11.5. The lowest BCUT2D eigenvalue weighted by Gasteiger charge is -2.13. The predicted octanol–water partition coefficient (Wildman–Crippen LogP) is 2.59. The van der Waals surface area contributed by atoms with Gasteiger partial charge in [0.15, 0.2) is 0 Å². The molecule has 0 bridgehead atoms. The zero-order chi connectivity index (χ0) is 13.8. The van der Waals surface area contributed by atoms with Crippen LogP contribution in [-0.2, 0) is 0 Å². The van der Waals surface area contributed by atoms with E-state index in [1.807, 2.05) is 38.1 Å². The lowest BCUT2D eigenvalue weighted by molar-refractivity contribution is 0.340. The summed E-state index contributed by atoms with van der Waals surface area (Å²) in [6, 6.07) is 7.57. The van der Waals surface area contributed by atoms with Gasteiger partial charge in [-0.15, -0.1) is 0 Å². The van der Waals surface area contributed by atoms with Crippen LogP contribution < -0.4 is 10.5 Å². The average molecular weight is 261 g/mol. The molecule has 2 aromatic rings. The molecule has 1 heterocycles. The molecule has 2 N–H and O–H groups in total. The Kier molecular flexibility index (Phi) is 4.16. The van der Waals surface area contributed by atoms with Gasteiger partial charge in [-0.25, -0.2) is 0 Å². The van der Waals surface area contributed by atoms with E-state index < -0.39 is 0 Å². The summed E-state index contributed by atoms with van der Waals surface area (Å²) in [6.45, 7) is 4.04. The Labute approximate surface area is 112 Å². The van der Waals surface area contributed by atoms with Crippen LogP contribution >= 0.6 is 0 Å². The summed E-state index contributed by atoms with van der Waals surface area (Å²) in [6.07, 6.45) is 0.876. The van der Waals surface area contributed by atoms with E-state index in [4.69, 9.17) is 15.0 Å². The number of ether oxygens (including phenoxy) is 1. The lowest BCUT2D eigenvalue weighted by atomic mass is 10.0. The molecule has 2 unspecified atom stereocenters. The first-order chi connectivity index (χ1) is 9.15. The van der Waals surface area contributed by atoms with Gasteiger partial charge in [0.05, 0.1) is 13.0 Å². The fourth-order valence-corrected chi connectivity index (χ4v) is 1.81. The Bertz CT molecular complexity index is 522. The standard InChI is InChI=1S/C14H19N3O2/c1-4-12(15)9(2)14-16-13(17-19-14)10-5-7-11(18-3)8-6-10/h5-9,12H,4,15H2,1-3H3. The van der Waals surface area contributed by atoms with Gasteiger partial charge in [0, 0.05) is 11.6 Å². The van der Waals surface area contributed by atoms with Crippen LogP contribution in [-0.4, -0.2) is 23.3 Å². The molecule has 2 rings (SSSR count). The van der Waals surface area contributed by atoms with Crippen molar-refractivity contribution in [3.05, 3.63) is 30.2 Å². The van der Waals surface area contributed by atoms with Crippen molar-refractivity contribution in [2.45, 2.75) is 32.2 Å². The third kappa shape index (κ3) is 2.93. The number of methoxy groups -OCH3 is 1.